The van der Waals surface area contributed by atoms with Gasteiger partial charge in [-0.15, -0.1) is 0 Å². The second kappa shape index (κ2) is 9.27. The molecule has 2 aliphatic rings. The van der Waals surface area contributed by atoms with Crippen LogP contribution in [0.5, 0.6) is 0 Å². The van der Waals surface area contributed by atoms with Gasteiger partial charge in [-0.05, 0) is 57.6 Å². The van der Waals surface area contributed by atoms with Crippen molar-refractivity contribution in [2.75, 3.05) is 38.3 Å². The summed E-state index contributed by atoms with van der Waals surface area (Å²) in [5.74, 6) is -1.88. The number of halogens is 3. The lowest BCUT2D eigenvalue weighted by Crippen LogP contribution is -2.52. The van der Waals surface area contributed by atoms with Gasteiger partial charge >= 0.3 is 12.3 Å². The highest BCUT2D eigenvalue weighted by atomic mass is 19.4. The number of methoxy groups -OCH3 is 1. The number of anilines is 1. The molecule has 0 spiro atoms. The van der Waals surface area contributed by atoms with Gasteiger partial charge in [-0.2, -0.15) is 13.2 Å². The van der Waals surface area contributed by atoms with Gasteiger partial charge in [-0.25, -0.2) is 4.79 Å². The summed E-state index contributed by atoms with van der Waals surface area (Å²) in [7, 11) is 1.59. The Balaban J connectivity index is 1.90. The van der Waals surface area contributed by atoms with Gasteiger partial charge in [0.2, 0.25) is 0 Å². The molecule has 2 heterocycles. The van der Waals surface area contributed by atoms with Crippen molar-refractivity contribution >= 4 is 11.8 Å². The van der Waals surface area contributed by atoms with E-state index < -0.39 is 29.8 Å². The van der Waals surface area contributed by atoms with Crippen molar-refractivity contribution in [1.82, 2.24) is 4.90 Å². The number of hydrogen-bond acceptors (Lipinski definition) is 4. The minimum absolute atomic E-state index is 0.265. The zero-order valence-electron chi connectivity index (χ0n) is 18.7. The van der Waals surface area contributed by atoms with E-state index in [-0.39, 0.29) is 12.5 Å². The number of carbonyl (C=O) groups excluding carboxylic acids is 1. The van der Waals surface area contributed by atoms with Crippen molar-refractivity contribution in [1.29, 1.82) is 0 Å². The lowest BCUT2D eigenvalue weighted by molar-refractivity contribution is -0.157. The Bertz CT molecular complexity index is 763. The van der Waals surface area contributed by atoms with Crippen molar-refractivity contribution in [2.45, 2.75) is 63.8 Å². The third kappa shape index (κ3) is 5.45. The minimum atomic E-state index is -4.37. The number of para-hydroxylation sites is 1. The van der Waals surface area contributed by atoms with Crippen LogP contribution in [-0.2, 0) is 9.47 Å². The molecule has 0 aliphatic carbocycles. The Labute approximate surface area is 182 Å². The molecule has 3 rings (SSSR count). The first-order chi connectivity index (χ1) is 14.5. The summed E-state index contributed by atoms with van der Waals surface area (Å²) in [6.07, 6.45) is -2.89. The van der Waals surface area contributed by atoms with Gasteiger partial charge in [0.25, 0.3) is 0 Å². The molecule has 0 N–H and O–H groups in total. The normalized spacial score (nSPS) is 24.3. The maximum absolute atomic E-state index is 14.3. The van der Waals surface area contributed by atoms with Crippen LogP contribution in [0, 0.1) is 5.92 Å². The molecule has 0 aromatic heterocycles. The van der Waals surface area contributed by atoms with Crippen LogP contribution >= 0.6 is 0 Å². The summed E-state index contributed by atoms with van der Waals surface area (Å²) in [6, 6.07) is 6.06. The fraction of sp³-hybridized carbons (Fsp3) is 0.696. The highest BCUT2D eigenvalue weighted by Crippen LogP contribution is 2.52. The van der Waals surface area contributed by atoms with Crippen LogP contribution in [0.3, 0.4) is 0 Å². The summed E-state index contributed by atoms with van der Waals surface area (Å²) in [5.41, 5.74) is 0.320. The average molecular weight is 443 g/mol. The second-order valence-corrected chi connectivity index (χ2v) is 9.44. The second-order valence-electron chi connectivity index (χ2n) is 9.44. The number of carbonyl (C=O) groups is 1. The topological polar surface area (TPSA) is 42.0 Å². The number of benzene rings is 1. The number of amides is 1. The first-order valence-electron chi connectivity index (χ1n) is 10.9. The predicted molar refractivity (Wildman–Crippen MR) is 113 cm³/mol. The van der Waals surface area contributed by atoms with Crippen LogP contribution < -0.4 is 4.90 Å². The largest absolute Gasteiger partial charge is 0.444 e. The van der Waals surface area contributed by atoms with E-state index in [1.54, 1.807) is 57.0 Å². The number of nitrogens with zero attached hydrogens (tertiary/aromatic N) is 2. The molecule has 1 aromatic rings. The predicted octanol–water partition coefficient (Wildman–Crippen LogP) is 5.20. The first kappa shape index (κ1) is 23.7. The van der Waals surface area contributed by atoms with E-state index >= 15 is 0 Å². The van der Waals surface area contributed by atoms with Gasteiger partial charge in [-0.3, -0.25) is 0 Å². The summed E-state index contributed by atoms with van der Waals surface area (Å²) in [5, 5.41) is 0. The van der Waals surface area contributed by atoms with Crippen LogP contribution in [0.4, 0.5) is 23.7 Å². The van der Waals surface area contributed by atoms with Crippen molar-refractivity contribution < 1.29 is 27.4 Å². The van der Waals surface area contributed by atoms with Gasteiger partial charge in [0.1, 0.15) is 11.5 Å². The van der Waals surface area contributed by atoms with Crippen LogP contribution in [0.2, 0.25) is 0 Å². The zero-order valence-corrected chi connectivity index (χ0v) is 18.7. The SMILES string of the molecule is COCCCN1c2ccccc2C(C(F)(F)F)C1C1CCCN(C(=O)OC(C)(C)C)C1. The molecule has 3 unspecified atom stereocenters. The van der Waals surface area contributed by atoms with Gasteiger partial charge in [0.15, 0.2) is 0 Å². The smallest absolute Gasteiger partial charge is 0.410 e. The van der Waals surface area contributed by atoms with E-state index in [0.717, 1.165) is 0 Å². The Morgan fingerprint density at radius 3 is 2.55 bits per heavy atom. The van der Waals surface area contributed by atoms with Crippen LogP contribution in [-0.4, -0.2) is 62.2 Å². The molecule has 0 bridgehead atoms. The number of ether oxygens (including phenoxy) is 2. The summed E-state index contributed by atoms with van der Waals surface area (Å²) >= 11 is 0. The molecule has 1 aromatic carbocycles. The van der Waals surface area contributed by atoms with E-state index in [9.17, 15) is 18.0 Å². The molecule has 0 radical (unpaired) electrons. The highest BCUT2D eigenvalue weighted by molar-refractivity contribution is 5.68. The Morgan fingerprint density at radius 1 is 1.19 bits per heavy atom. The number of piperidine rings is 1. The van der Waals surface area contributed by atoms with E-state index in [1.165, 1.54) is 0 Å². The fourth-order valence-electron chi connectivity index (χ4n) is 4.86. The first-order valence-corrected chi connectivity index (χ1v) is 10.9. The molecule has 174 valence electrons. The number of fused-ring (bicyclic) bond motifs is 1. The van der Waals surface area contributed by atoms with E-state index in [1.807, 2.05) is 4.90 Å². The van der Waals surface area contributed by atoms with Crippen molar-refractivity contribution in [3.8, 4) is 0 Å². The molecule has 2 aliphatic heterocycles. The summed E-state index contributed by atoms with van der Waals surface area (Å²) in [4.78, 5) is 16.1. The van der Waals surface area contributed by atoms with Crippen molar-refractivity contribution in [3.63, 3.8) is 0 Å². The van der Waals surface area contributed by atoms with Gasteiger partial charge in [0.05, 0.1) is 0 Å². The highest BCUT2D eigenvalue weighted by Gasteiger charge is 2.55. The minimum Gasteiger partial charge on any atom is -0.444 e. The molecule has 1 saturated heterocycles. The molecule has 3 atom stereocenters. The third-order valence-corrected chi connectivity index (χ3v) is 5.98. The number of likely N-dealkylation sites (tertiary alicyclic amines) is 1. The summed E-state index contributed by atoms with van der Waals surface area (Å²) in [6.45, 7) is 7.10. The number of alkyl halides is 3. The molecule has 0 saturated carbocycles. The Kier molecular flexibility index (Phi) is 7.08. The Morgan fingerprint density at radius 2 is 1.90 bits per heavy atom. The quantitative estimate of drug-likeness (QED) is 0.588. The van der Waals surface area contributed by atoms with Crippen LogP contribution in [0.15, 0.2) is 24.3 Å². The van der Waals surface area contributed by atoms with Crippen molar-refractivity contribution in [2.24, 2.45) is 5.92 Å². The monoisotopic (exact) mass is 442 g/mol. The lowest BCUT2D eigenvalue weighted by atomic mass is 9.81. The van der Waals surface area contributed by atoms with Gasteiger partial charge in [-0.1, -0.05) is 18.2 Å². The molecule has 1 amide bonds. The van der Waals surface area contributed by atoms with E-state index in [2.05, 4.69) is 0 Å². The number of rotatable bonds is 5. The van der Waals surface area contributed by atoms with Crippen LogP contribution in [0.25, 0.3) is 0 Å². The van der Waals surface area contributed by atoms with E-state index in [4.69, 9.17) is 9.47 Å². The van der Waals surface area contributed by atoms with E-state index in [0.29, 0.717) is 50.2 Å². The molecule has 31 heavy (non-hydrogen) atoms. The summed E-state index contributed by atoms with van der Waals surface area (Å²) < 4.78 is 53.6. The fourth-order valence-corrected chi connectivity index (χ4v) is 4.86. The standard InChI is InChI=1S/C23H33F3N2O3/c1-22(2,3)31-21(29)27-12-7-9-16(15-27)20-19(23(24,25)26)17-10-5-6-11-18(17)28(20)13-8-14-30-4/h5-6,10-11,16,19-20H,7-9,12-15H2,1-4H3. The molecule has 8 heteroatoms. The molecule has 5 nitrogen and oxygen atoms in total. The maximum atomic E-state index is 14.3. The number of hydrogen-bond donors (Lipinski definition) is 0. The van der Waals surface area contributed by atoms with Crippen molar-refractivity contribution in [3.05, 3.63) is 29.8 Å². The zero-order chi connectivity index (χ0) is 22.8. The van der Waals surface area contributed by atoms with Crippen LogP contribution in [0.1, 0.15) is 51.5 Å². The molecular weight excluding hydrogens is 409 g/mol. The lowest BCUT2D eigenvalue weighted by Gasteiger charge is -2.42. The molecule has 1 fully saturated rings. The Hall–Kier alpha value is -1.96. The average Bonchev–Trinajstić information content (AvgIpc) is 3.02. The molecular formula is C23H33F3N2O3. The van der Waals surface area contributed by atoms with Gasteiger partial charge < -0.3 is 19.3 Å². The third-order valence-electron chi connectivity index (χ3n) is 5.98. The van der Waals surface area contributed by atoms with Gasteiger partial charge in [0, 0.05) is 45.1 Å². The maximum Gasteiger partial charge on any atom is 0.410 e.